The number of hydrogen-bond acceptors (Lipinski definition) is 4. The number of carbonyl (C=O) groups is 2. The number of amides is 2. The summed E-state index contributed by atoms with van der Waals surface area (Å²) in [5.74, 6) is -0.0627. The third kappa shape index (κ3) is 3.94. The van der Waals surface area contributed by atoms with E-state index in [1.807, 2.05) is 12.1 Å². The zero-order valence-corrected chi connectivity index (χ0v) is 15.7. The summed E-state index contributed by atoms with van der Waals surface area (Å²) >= 11 is 7.32. The molecule has 2 amide bonds. The van der Waals surface area contributed by atoms with Gasteiger partial charge < -0.3 is 15.2 Å². The van der Waals surface area contributed by atoms with Crippen molar-refractivity contribution in [3.63, 3.8) is 0 Å². The monoisotopic (exact) mass is 391 g/mol. The maximum Gasteiger partial charge on any atom is 0.261 e. The lowest BCUT2D eigenvalue weighted by molar-refractivity contribution is -0.129. The minimum Gasteiger partial charge on any atom is -0.355 e. The van der Waals surface area contributed by atoms with E-state index in [1.165, 1.54) is 18.8 Å². The number of carbonyl (C=O) groups excluding carboxylic acids is 2. The van der Waals surface area contributed by atoms with Crippen LogP contribution in [0.25, 0.3) is 0 Å². The van der Waals surface area contributed by atoms with Crippen LogP contribution < -0.4 is 10.9 Å². The van der Waals surface area contributed by atoms with Crippen LogP contribution in [0.3, 0.4) is 0 Å². The number of hydrogen-bond donors (Lipinski definition) is 2. The number of halogens is 1. The van der Waals surface area contributed by atoms with Gasteiger partial charge in [0.15, 0.2) is 0 Å². The van der Waals surface area contributed by atoms with E-state index < -0.39 is 11.5 Å². The summed E-state index contributed by atoms with van der Waals surface area (Å²) < 4.78 is 0. The van der Waals surface area contributed by atoms with Crippen LogP contribution in [-0.2, 0) is 17.8 Å². The molecule has 0 aliphatic carbocycles. The number of benzene rings is 1. The molecule has 0 fully saturated rings. The fourth-order valence-corrected chi connectivity index (χ4v) is 3.84. The average molecular weight is 392 g/mol. The van der Waals surface area contributed by atoms with Crippen LogP contribution in [0.4, 0.5) is 0 Å². The topological polar surface area (TPSA) is 82.3 Å². The molecular weight excluding hydrogens is 374 g/mol. The molecule has 1 aromatic carbocycles. The molecule has 8 heteroatoms. The van der Waals surface area contributed by atoms with Gasteiger partial charge in [0.05, 0.1) is 5.75 Å². The molecule has 3 rings (SSSR count). The maximum absolute atomic E-state index is 12.5. The van der Waals surface area contributed by atoms with E-state index in [-0.39, 0.29) is 11.5 Å². The first-order chi connectivity index (χ1) is 12.5. The first kappa shape index (κ1) is 18.5. The Morgan fingerprint density at radius 1 is 1.31 bits per heavy atom. The Morgan fingerprint density at radius 3 is 2.73 bits per heavy atom. The summed E-state index contributed by atoms with van der Waals surface area (Å²) in [6.07, 6.45) is 2.08. The maximum atomic E-state index is 12.5. The van der Waals surface area contributed by atoms with Gasteiger partial charge in [-0.15, -0.1) is 11.8 Å². The summed E-state index contributed by atoms with van der Waals surface area (Å²) in [5.41, 5.74) is 1.27. The summed E-state index contributed by atoms with van der Waals surface area (Å²) in [4.78, 5) is 41.8. The Morgan fingerprint density at radius 2 is 2.04 bits per heavy atom. The van der Waals surface area contributed by atoms with E-state index in [1.54, 1.807) is 23.2 Å². The molecule has 0 atom stereocenters. The number of nitrogens with one attached hydrogen (secondary N) is 2. The Kier molecular flexibility index (Phi) is 5.68. The van der Waals surface area contributed by atoms with Gasteiger partial charge in [0, 0.05) is 36.3 Å². The zero-order valence-electron chi connectivity index (χ0n) is 14.2. The third-order valence-electron chi connectivity index (χ3n) is 4.27. The van der Waals surface area contributed by atoms with Crippen LogP contribution in [0.5, 0.6) is 0 Å². The summed E-state index contributed by atoms with van der Waals surface area (Å²) in [5, 5.41) is 3.16. The zero-order chi connectivity index (χ0) is 18.7. The number of fused-ring (bicyclic) bond motifs is 1. The van der Waals surface area contributed by atoms with E-state index in [0.717, 1.165) is 16.0 Å². The number of aromatic nitrogens is 1. The van der Waals surface area contributed by atoms with Crippen LogP contribution >= 0.6 is 23.4 Å². The molecule has 26 heavy (non-hydrogen) atoms. The molecule has 1 aromatic heterocycles. The van der Waals surface area contributed by atoms with E-state index in [9.17, 15) is 14.4 Å². The molecule has 0 radical (unpaired) electrons. The Balaban J connectivity index is 1.70. The highest BCUT2D eigenvalue weighted by molar-refractivity contribution is 8.00. The van der Waals surface area contributed by atoms with Crippen molar-refractivity contribution >= 4 is 35.2 Å². The molecule has 0 spiro atoms. The van der Waals surface area contributed by atoms with Crippen molar-refractivity contribution in [2.45, 2.75) is 17.9 Å². The molecule has 2 heterocycles. The van der Waals surface area contributed by atoms with E-state index in [0.29, 0.717) is 30.3 Å². The number of aromatic amines is 1. The molecule has 0 saturated carbocycles. The van der Waals surface area contributed by atoms with Gasteiger partial charge in [-0.3, -0.25) is 14.4 Å². The molecule has 6 nitrogen and oxygen atoms in total. The Hall–Kier alpha value is -2.25. The summed E-state index contributed by atoms with van der Waals surface area (Å²) in [7, 11) is 1.49. The number of thioether (sulfide) groups is 1. The number of pyridine rings is 1. The molecule has 136 valence electrons. The van der Waals surface area contributed by atoms with E-state index in [2.05, 4.69) is 10.3 Å². The van der Waals surface area contributed by atoms with Gasteiger partial charge in [-0.25, -0.2) is 0 Å². The molecule has 2 aromatic rings. The van der Waals surface area contributed by atoms with Crippen molar-refractivity contribution in [2.75, 3.05) is 19.3 Å². The second kappa shape index (κ2) is 7.97. The highest BCUT2D eigenvalue weighted by Crippen LogP contribution is 2.23. The van der Waals surface area contributed by atoms with Crippen molar-refractivity contribution in [1.29, 1.82) is 0 Å². The van der Waals surface area contributed by atoms with Crippen molar-refractivity contribution in [3.05, 3.63) is 62.5 Å². The second-order valence-corrected chi connectivity index (χ2v) is 7.37. The van der Waals surface area contributed by atoms with Crippen molar-refractivity contribution in [3.8, 4) is 0 Å². The van der Waals surface area contributed by atoms with Crippen LogP contribution in [0.2, 0.25) is 5.02 Å². The number of nitrogens with zero attached hydrogens (tertiary/aromatic N) is 1. The lowest BCUT2D eigenvalue weighted by atomic mass is 9.96. The molecule has 0 bridgehead atoms. The number of rotatable bonds is 4. The van der Waals surface area contributed by atoms with Crippen LogP contribution in [-0.4, -0.2) is 41.0 Å². The van der Waals surface area contributed by atoms with Gasteiger partial charge in [0.1, 0.15) is 5.56 Å². The summed E-state index contributed by atoms with van der Waals surface area (Å²) in [6.45, 7) is 0.872. The standard InChI is InChI=1S/C18H18ClN3O3S/c1-20-17(24)16-14-6-7-22(9-11(14)8-21-18(16)25)15(23)10-26-13-4-2-12(19)3-5-13/h2-5,8H,6-7,9-10H2,1H3,(H,20,24)(H,21,25). The molecule has 0 saturated heterocycles. The average Bonchev–Trinajstić information content (AvgIpc) is 2.66. The lowest BCUT2D eigenvalue weighted by Gasteiger charge is -2.29. The van der Waals surface area contributed by atoms with Gasteiger partial charge in [-0.1, -0.05) is 11.6 Å². The Bertz CT molecular complexity index is 896. The lowest BCUT2D eigenvalue weighted by Crippen LogP contribution is -2.40. The highest BCUT2D eigenvalue weighted by Gasteiger charge is 2.26. The van der Waals surface area contributed by atoms with Crippen LogP contribution in [0.15, 0.2) is 40.2 Å². The molecular formula is C18H18ClN3O3S. The predicted octanol–water partition coefficient (Wildman–Crippen LogP) is 2.06. The first-order valence-corrected chi connectivity index (χ1v) is 9.47. The SMILES string of the molecule is CNC(=O)c1c2c(c[nH]c1=O)CN(C(=O)CSc1ccc(Cl)cc1)CC2. The molecule has 2 N–H and O–H groups in total. The fraction of sp³-hybridized carbons (Fsp3) is 0.278. The summed E-state index contributed by atoms with van der Waals surface area (Å²) in [6, 6.07) is 7.35. The molecule has 0 unspecified atom stereocenters. The minimum atomic E-state index is -0.402. The predicted molar refractivity (Wildman–Crippen MR) is 102 cm³/mol. The van der Waals surface area contributed by atoms with Crippen LogP contribution in [0.1, 0.15) is 21.5 Å². The normalized spacial score (nSPS) is 13.2. The van der Waals surface area contributed by atoms with Gasteiger partial charge in [0.25, 0.3) is 11.5 Å². The third-order valence-corrected chi connectivity index (χ3v) is 5.52. The highest BCUT2D eigenvalue weighted by atomic mass is 35.5. The van der Waals surface area contributed by atoms with Gasteiger partial charge in [-0.2, -0.15) is 0 Å². The van der Waals surface area contributed by atoms with Crippen molar-refractivity contribution < 1.29 is 9.59 Å². The largest absolute Gasteiger partial charge is 0.355 e. The van der Waals surface area contributed by atoms with E-state index in [4.69, 9.17) is 11.6 Å². The quantitative estimate of drug-likeness (QED) is 0.781. The van der Waals surface area contributed by atoms with Gasteiger partial charge >= 0.3 is 0 Å². The molecule has 1 aliphatic rings. The van der Waals surface area contributed by atoms with Crippen molar-refractivity contribution in [2.24, 2.45) is 0 Å². The van der Waals surface area contributed by atoms with Crippen LogP contribution in [0, 0.1) is 0 Å². The smallest absolute Gasteiger partial charge is 0.261 e. The van der Waals surface area contributed by atoms with E-state index >= 15 is 0 Å². The van der Waals surface area contributed by atoms with Gasteiger partial charge in [-0.05, 0) is 41.8 Å². The fourth-order valence-electron chi connectivity index (χ4n) is 2.91. The van der Waals surface area contributed by atoms with Gasteiger partial charge in [0.2, 0.25) is 5.91 Å². The Labute approximate surface area is 159 Å². The number of H-pyrrole nitrogens is 1. The minimum absolute atomic E-state index is 0.0169. The first-order valence-electron chi connectivity index (χ1n) is 8.11. The second-order valence-electron chi connectivity index (χ2n) is 5.88. The molecule has 1 aliphatic heterocycles. The van der Waals surface area contributed by atoms with Crippen molar-refractivity contribution in [1.82, 2.24) is 15.2 Å².